The molecule has 0 bridgehead atoms. The number of aryl methyl sites for hydroxylation is 1. The average molecular weight is 673 g/mol. The van der Waals surface area contributed by atoms with Crippen LogP contribution in [0.15, 0.2) is 72.1 Å². The van der Waals surface area contributed by atoms with E-state index in [9.17, 15) is 9.59 Å². The Morgan fingerprint density at radius 3 is 2.46 bits per heavy atom. The zero-order chi connectivity index (χ0) is 34.4. The lowest BCUT2D eigenvalue weighted by molar-refractivity contribution is -0.133. The molecule has 3 saturated heterocycles. The van der Waals surface area contributed by atoms with E-state index in [0.29, 0.717) is 38.0 Å². The van der Waals surface area contributed by atoms with E-state index < -0.39 is 5.41 Å². The highest BCUT2D eigenvalue weighted by atomic mass is 16.5. The normalized spacial score (nSPS) is 21.0. The molecule has 1 spiro atoms. The van der Waals surface area contributed by atoms with Gasteiger partial charge in [-0.1, -0.05) is 30.3 Å². The fourth-order valence-electron chi connectivity index (χ4n) is 8.09. The first-order valence-corrected chi connectivity index (χ1v) is 17.8. The first kappa shape index (κ1) is 32.3. The molecule has 11 nitrogen and oxygen atoms in total. The van der Waals surface area contributed by atoms with Gasteiger partial charge in [-0.25, -0.2) is 9.97 Å². The van der Waals surface area contributed by atoms with Crippen LogP contribution in [0, 0.1) is 5.41 Å². The average Bonchev–Trinajstić information content (AvgIpc) is 3.92. The maximum absolute atomic E-state index is 14.1. The number of rotatable bonds is 8. The van der Waals surface area contributed by atoms with Crippen molar-refractivity contribution in [2.24, 2.45) is 17.5 Å². The third-order valence-electron chi connectivity index (χ3n) is 10.8. The van der Waals surface area contributed by atoms with Crippen molar-refractivity contribution in [1.29, 1.82) is 0 Å². The number of piperidine rings is 1. The number of carbonyl (C=O) groups is 2. The first-order chi connectivity index (χ1) is 24.2. The van der Waals surface area contributed by atoms with Gasteiger partial charge < -0.3 is 14.5 Å². The number of carbonyl (C=O) groups excluding carboxylic acids is 2. The highest BCUT2D eigenvalue weighted by molar-refractivity contribution is 6.16. The molecule has 6 heterocycles. The van der Waals surface area contributed by atoms with Gasteiger partial charge in [0, 0.05) is 67.9 Å². The number of aromatic nitrogens is 4. The van der Waals surface area contributed by atoms with Gasteiger partial charge in [-0.15, -0.1) is 0 Å². The minimum absolute atomic E-state index is 0.0598. The van der Waals surface area contributed by atoms with Gasteiger partial charge in [-0.2, -0.15) is 5.10 Å². The topological polar surface area (TPSA) is 109 Å². The lowest BCUT2D eigenvalue weighted by Gasteiger charge is -2.33. The molecule has 3 fully saturated rings. The molecule has 4 aliphatic rings. The monoisotopic (exact) mass is 672 g/mol. The third kappa shape index (κ3) is 6.19. The van der Waals surface area contributed by atoms with Crippen molar-refractivity contribution in [3.05, 3.63) is 89.4 Å². The molecule has 0 unspecified atom stereocenters. The number of aliphatic imine (C=N–C) groups is 1. The van der Waals surface area contributed by atoms with E-state index in [1.54, 1.807) is 11.0 Å². The Hall–Kier alpha value is -4.90. The van der Waals surface area contributed by atoms with Crippen LogP contribution in [0.1, 0.15) is 67.7 Å². The molecule has 50 heavy (non-hydrogen) atoms. The van der Waals surface area contributed by atoms with Crippen LogP contribution in [0.25, 0.3) is 11.4 Å². The molecule has 258 valence electrons. The number of likely N-dealkylation sites (tertiary alicyclic amines) is 2. The van der Waals surface area contributed by atoms with Crippen molar-refractivity contribution in [1.82, 2.24) is 29.5 Å². The maximum Gasteiger partial charge on any atom is 0.236 e. The third-order valence-corrected chi connectivity index (χ3v) is 10.8. The zero-order valence-corrected chi connectivity index (χ0v) is 29.1. The van der Waals surface area contributed by atoms with Crippen LogP contribution in [-0.2, 0) is 23.2 Å². The Bertz CT molecular complexity index is 1930. The number of hydrogen-bond donors (Lipinski definition) is 0. The van der Waals surface area contributed by atoms with Crippen molar-refractivity contribution in [3.8, 4) is 17.3 Å². The molecule has 2 amide bonds. The first-order valence-electron chi connectivity index (χ1n) is 17.8. The summed E-state index contributed by atoms with van der Waals surface area (Å²) in [7, 11) is 1.87. The number of benzene rings is 2. The molecule has 11 heteroatoms. The summed E-state index contributed by atoms with van der Waals surface area (Å²) in [4.78, 5) is 47.3. The summed E-state index contributed by atoms with van der Waals surface area (Å²) in [5.74, 6) is 2.11. The predicted molar refractivity (Wildman–Crippen MR) is 191 cm³/mol. The summed E-state index contributed by atoms with van der Waals surface area (Å²) in [5.41, 5.74) is 6.83. The highest BCUT2D eigenvalue weighted by Crippen LogP contribution is 2.43. The van der Waals surface area contributed by atoms with E-state index in [0.717, 1.165) is 84.8 Å². The number of fused-ring (bicyclic) bond motifs is 1. The van der Waals surface area contributed by atoms with Crippen molar-refractivity contribution < 1.29 is 14.3 Å². The van der Waals surface area contributed by atoms with Crippen LogP contribution < -0.4 is 9.64 Å². The largest absolute Gasteiger partial charge is 0.475 e. The Morgan fingerprint density at radius 2 is 1.74 bits per heavy atom. The van der Waals surface area contributed by atoms with E-state index in [4.69, 9.17) is 9.73 Å². The fraction of sp³-hybridized carbons (Fsp3) is 0.436. The molecule has 2 aromatic carbocycles. The summed E-state index contributed by atoms with van der Waals surface area (Å²) >= 11 is 0. The van der Waals surface area contributed by atoms with Gasteiger partial charge in [-0.3, -0.25) is 24.2 Å². The van der Waals surface area contributed by atoms with Gasteiger partial charge in [-0.05, 0) is 81.3 Å². The fourth-order valence-corrected chi connectivity index (χ4v) is 8.09. The minimum Gasteiger partial charge on any atom is -0.475 e. The zero-order valence-electron chi connectivity index (χ0n) is 29.1. The van der Waals surface area contributed by atoms with E-state index in [1.807, 2.05) is 49.0 Å². The van der Waals surface area contributed by atoms with Gasteiger partial charge >= 0.3 is 0 Å². The molecule has 0 saturated carbocycles. The smallest absolute Gasteiger partial charge is 0.236 e. The van der Waals surface area contributed by atoms with Crippen LogP contribution in [0.3, 0.4) is 0 Å². The summed E-state index contributed by atoms with van der Waals surface area (Å²) in [5, 5.41) is 4.40. The number of ether oxygens (including phenoxy) is 1. The van der Waals surface area contributed by atoms with Gasteiger partial charge in [0.1, 0.15) is 6.33 Å². The van der Waals surface area contributed by atoms with E-state index >= 15 is 0 Å². The molecule has 4 aliphatic heterocycles. The summed E-state index contributed by atoms with van der Waals surface area (Å²) < 4.78 is 7.43. The molecule has 2 aromatic heterocycles. The number of pyridine rings is 1. The minimum atomic E-state index is -0.434. The SMILES string of the molecule is CC(C)Oc1ccc(C2=NCc3ccc(N4CC[C@]5(CCN(CC(=O)N6CCC(c7ccc(-c8ncn(C)n8)cc7)CC6)C5)C4=O)cc32)cn1. The molecular weight excluding hydrogens is 628 g/mol. The summed E-state index contributed by atoms with van der Waals surface area (Å²) in [6.07, 6.45) is 7.07. The second kappa shape index (κ2) is 13.1. The number of nitrogens with zero attached hydrogens (tertiary/aromatic N) is 8. The van der Waals surface area contributed by atoms with Crippen molar-refractivity contribution >= 4 is 23.2 Å². The van der Waals surface area contributed by atoms with Crippen LogP contribution >= 0.6 is 0 Å². The molecule has 8 rings (SSSR count). The Labute approximate surface area is 293 Å². The van der Waals surface area contributed by atoms with Crippen molar-refractivity contribution in [2.45, 2.75) is 58.1 Å². The summed E-state index contributed by atoms with van der Waals surface area (Å²) in [6.45, 7) is 8.56. The van der Waals surface area contributed by atoms with Gasteiger partial charge in [0.2, 0.25) is 17.7 Å². The summed E-state index contributed by atoms with van der Waals surface area (Å²) in [6, 6.07) is 18.7. The van der Waals surface area contributed by atoms with Gasteiger partial charge in [0.05, 0.1) is 30.3 Å². The Kier molecular flexibility index (Phi) is 8.46. The number of anilines is 1. The van der Waals surface area contributed by atoms with Crippen LogP contribution in [-0.4, -0.2) is 92.4 Å². The number of amides is 2. The van der Waals surface area contributed by atoms with E-state index in [-0.39, 0.29) is 17.9 Å². The maximum atomic E-state index is 14.1. The van der Waals surface area contributed by atoms with Crippen molar-refractivity contribution in [3.63, 3.8) is 0 Å². The Morgan fingerprint density at radius 1 is 0.960 bits per heavy atom. The lowest BCUT2D eigenvalue weighted by Crippen LogP contribution is -2.44. The standard InChI is InChI=1S/C39H44N8O3/c1-26(2)50-34-11-9-31(22-40-34)36-33-20-32(10-8-30(33)21-41-36)47-19-15-39(38(47)49)14-18-45(24-39)23-35(48)46-16-12-28(13-17-46)27-4-6-29(7-5-27)37-42-25-44(3)43-37/h4-11,20,22,25-26,28H,12-19,21,23-24H2,1-3H3/t39-/m0/s1. The molecule has 4 aromatic rings. The van der Waals surface area contributed by atoms with Gasteiger partial charge in [0.15, 0.2) is 5.82 Å². The molecule has 0 N–H and O–H groups in total. The molecular formula is C39H44N8O3. The van der Waals surface area contributed by atoms with E-state index in [2.05, 4.69) is 62.4 Å². The molecule has 0 aliphatic carbocycles. The Balaban J connectivity index is 0.858. The van der Waals surface area contributed by atoms with Crippen LogP contribution in [0.5, 0.6) is 5.88 Å². The van der Waals surface area contributed by atoms with Gasteiger partial charge in [0.25, 0.3) is 0 Å². The predicted octanol–water partition coefficient (Wildman–Crippen LogP) is 4.85. The quantitative estimate of drug-likeness (QED) is 0.263. The second-order valence-corrected chi connectivity index (χ2v) is 14.5. The van der Waals surface area contributed by atoms with Crippen molar-refractivity contribution in [2.75, 3.05) is 44.2 Å². The molecule has 0 radical (unpaired) electrons. The number of hydrogen-bond acceptors (Lipinski definition) is 8. The lowest BCUT2D eigenvalue weighted by atomic mass is 9.85. The van der Waals surface area contributed by atoms with Crippen LogP contribution in [0.2, 0.25) is 0 Å². The van der Waals surface area contributed by atoms with Crippen LogP contribution in [0.4, 0.5) is 5.69 Å². The highest BCUT2D eigenvalue weighted by Gasteiger charge is 2.51. The second-order valence-electron chi connectivity index (χ2n) is 14.5. The molecule has 1 atom stereocenters. The van der Waals surface area contributed by atoms with E-state index in [1.165, 1.54) is 5.56 Å².